The molecule has 0 aliphatic carbocycles. The van der Waals surface area contributed by atoms with E-state index >= 15 is 0 Å². The van der Waals surface area contributed by atoms with E-state index in [4.69, 9.17) is 0 Å². The lowest BCUT2D eigenvalue weighted by Crippen LogP contribution is -2.50. The normalized spacial score (nSPS) is 18.3. The second kappa shape index (κ2) is 7.04. The van der Waals surface area contributed by atoms with Crippen molar-refractivity contribution in [3.63, 3.8) is 0 Å². The second-order valence-electron chi connectivity index (χ2n) is 5.56. The summed E-state index contributed by atoms with van der Waals surface area (Å²) in [5.41, 5.74) is 1.83. The lowest BCUT2D eigenvalue weighted by molar-refractivity contribution is 0.192. The van der Waals surface area contributed by atoms with Crippen LogP contribution in [0.2, 0.25) is 0 Å². The third-order valence-electron chi connectivity index (χ3n) is 4.28. The van der Waals surface area contributed by atoms with Crippen LogP contribution in [0.3, 0.4) is 0 Å². The molecule has 1 unspecified atom stereocenters. The highest BCUT2D eigenvalue weighted by Crippen LogP contribution is 2.26. The molecule has 1 aliphatic heterocycles. The van der Waals surface area contributed by atoms with Gasteiger partial charge >= 0.3 is 0 Å². The first kappa shape index (κ1) is 15.3. The third-order valence-corrected chi connectivity index (χ3v) is 4.28. The van der Waals surface area contributed by atoms with Gasteiger partial charge in [0.1, 0.15) is 5.82 Å². The van der Waals surface area contributed by atoms with Crippen molar-refractivity contribution in [1.29, 1.82) is 0 Å². The number of hydrogen-bond acceptors (Lipinski definition) is 3. The molecule has 1 aliphatic rings. The van der Waals surface area contributed by atoms with Crippen molar-refractivity contribution in [3.8, 4) is 0 Å². The van der Waals surface area contributed by atoms with Crippen molar-refractivity contribution in [3.05, 3.63) is 29.6 Å². The van der Waals surface area contributed by atoms with Crippen LogP contribution in [0, 0.1) is 5.82 Å². The summed E-state index contributed by atoms with van der Waals surface area (Å²) in [5.74, 6) is -0.102. The zero-order valence-corrected chi connectivity index (χ0v) is 12.8. The molecule has 1 atom stereocenters. The molecule has 4 heteroatoms. The molecule has 0 aromatic heterocycles. The fraction of sp³-hybridized carbons (Fsp3) is 0.625. The van der Waals surface area contributed by atoms with Crippen molar-refractivity contribution in [2.75, 3.05) is 38.1 Å². The van der Waals surface area contributed by atoms with Crippen LogP contribution in [0.1, 0.15) is 25.8 Å². The SMILES string of the molecule is CCC(C)N1CCN(c2c(F)cccc2CNC)CC1. The number of hydrogen-bond donors (Lipinski definition) is 1. The van der Waals surface area contributed by atoms with Gasteiger partial charge in [0, 0.05) is 38.8 Å². The Balaban J connectivity index is 2.10. The maximum Gasteiger partial charge on any atom is 0.146 e. The molecule has 0 radical (unpaired) electrons. The van der Waals surface area contributed by atoms with Crippen LogP contribution in [-0.4, -0.2) is 44.2 Å². The quantitative estimate of drug-likeness (QED) is 0.893. The van der Waals surface area contributed by atoms with Gasteiger partial charge in [-0.1, -0.05) is 19.1 Å². The fourth-order valence-electron chi connectivity index (χ4n) is 2.89. The van der Waals surface area contributed by atoms with Gasteiger partial charge in [-0.15, -0.1) is 0 Å². The van der Waals surface area contributed by atoms with Crippen molar-refractivity contribution in [2.45, 2.75) is 32.9 Å². The summed E-state index contributed by atoms with van der Waals surface area (Å²) in [6, 6.07) is 5.99. The summed E-state index contributed by atoms with van der Waals surface area (Å²) in [6.45, 7) is 9.04. The molecule has 1 fully saturated rings. The molecule has 3 nitrogen and oxygen atoms in total. The molecule has 0 amide bonds. The fourth-order valence-corrected chi connectivity index (χ4v) is 2.89. The third kappa shape index (κ3) is 3.30. The number of benzene rings is 1. The molecule has 1 heterocycles. The molecule has 0 bridgehead atoms. The number of para-hydroxylation sites is 1. The Kier molecular flexibility index (Phi) is 5.38. The minimum Gasteiger partial charge on any atom is -0.366 e. The summed E-state index contributed by atoms with van der Waals surface area (Å²) in [4.78, 5) is 4.69. The molecular weight excluding hydrogens is 253 g/mol. The van der Waals surface area contributed by atoms with Crippen molar-refractivity contribution < 1.29 is 4.39 Å². The smallest absolute Gasteiger partial charge is 0.146 e. The molecule has 1 aromatic rings. The van der Waals surface area contributed by atoms with Gasteiger partial charge in [-0.3, -0.25) is 4.90 Å². The van der Waals surface area contributed by atoms with Gasteiger partial charge in [0.05, 0.1) is 5.69 Å². The highest BCUT2D eigenvalue weighted by atomic mass is 19.1. The Hall–Kier alpha value is -1.13. The van der Waals surface area contributed by atoms with E-state index in [0.29, 0.717) is 12.6 Å². The van der Waals surface area contributed by atoms with Gasteiger partial charge < -0.3 is 10.2 Å². The van der Waals surface area contributed by atoms with Gasteiger partial charge in [0.25, 0.3) is 0 Å². The lowest BCUT2D eigenvalue weighted by atomic mass is 10.1. The number of nitrogens with zero attached hydrogens (tertiary/aromatic N) is 2. The van der Waals surface area contributed by atoms with Crippen LogP contribution >= 0.6 is 0 Å². The second-order valence-corrected chi connectivity index (χ2v) is 5.56. The number of halogens is 1. The zero-order valence-electron chi connectivity index (χ0n) is 12.8. The summed E-state index contributed by atoms with van der Waals surface area (Å²) in [6.07, 6.45) is 1.17. The number of anilines is 1. The van der Waals surface area contributed by atoms with Gasteiger partial charge in [0.15, 0.2) is 0 Å². The van der Waals surface area contributed by atoms with E-state index in [2.05, 4.69) is 29.0 Å². The molecule has 1 aromatic carbocycles. The number of rotatable bonds is 5. The molecule has 112 valence electrons. The topological polar surface area (TPSA) is 18.5 Å². The minimum atomic E-state index is -0.102. The maximum absolute atomic E-state index is 14.2. The Labute approximate surface area is 121 Å². The van der Waals surface area contributed by atoms with Gasteiger partial charge in [-0.25, -0.2) is 4.39 Å². The van der Waals surface area contributed by atoms with Gasteiger partial charge in [-0.2, -0.15) is 0 Å². The largest absolute Gasteiger partial charge is 0.366 e. The van der Waals surface area contributed by atoms with E-state index in [-0.39, 0.29) is 5.82 Å². The van der Waals surface area contributed by atoms with Crippen molar-refractivity contribution in [2.24, 2.45) is 0 Å². The molecule has 0 saturated carbocycles. The molecule has 0 spiro atoms. The van der Waals surface area contributed by atoms with Crippen LogP contribution in [0.4, 0.5) is 10.1 Å². The maximum atomic E-state index is 14.2. The van der Waals surface area contributed by atoms with E-state index in [1.54, 1.807) is 12.1 Å². The Morgan fingerprint density at radius 3 is 2.55 bits per heavy atom. The zero-order chi connectivity index (χ0) is 14.5. The Bertz CT molecular complexity index is 428. The van der Waals surface area contributed by atoms with E-state index in [1.165, 1.54) is 6.42 Å². The number of piperazine rings is 1. The lowest BCUT2D eigenvalue weighted by Gasteiger charge is -2.39. The highest BCUT2D eigenvalue weighted by Gasteiger charge is 2.23. The average molecular weight is 279 g/mol. The van der Waals surface area contributed by atoms with Gasteiger partial charge in [0.2, 0.25) is 0 Å². The van der Waals surface area contributed by atoms with Crippen LogP contribution < -0.4 is 10.2 Å². The Morgan fingerprint density at radius 1 is 1.25 bits per heavy atom. The standard InChI is InChI=1S/C16H26FN3/c1-4-13(2)19-8-10-20(11-9-19)16-14(12-18-3)6-5-7-15(16)17/h5-7,13,18H,4,8-12H2,1-3H3. The summed E-state index contributed by atoms with van der Waals surface area (Å²) < 4.78 is 14.2. The summed E-state index contributed by atoms with van der Waals surface area (Å²) in [7, 11) is 1.90. The molecule has 20 heavy (non-hydrogen) atoms. The van der Waals surface area contributed by atoms with E-state index < -0.39 is 0 Å². The van der Waals surface area contributed by atoms with E-state index in [0.717, 1.165) is 37.4 Å². The van der Waals surface area contributed by atoms with Crippen LogP contribution in [0.5, 0.6) is 0 Å². The van der Waals surface area contributed by atoms with Crippen LogP contribution in [-0.2, 0) is 6.54 Å². The average Bonchev–Trinajstić information content (AvgIpc) is 2.47. The Morgan fingerprint density at radius 2 is 1.95 bits per heavy atom. The highest BCUT2D eigenvalue weighted by molar-refractivity contribution is 5.55. The van der Waals surface area contributed by atoms with E-state index in [1.807, 2.05) is 13.1 Å². The van der Waals surface area contributed by atoms with Crippen LogP contribution in [0.15, 0.2) is 18.2 Å². The predicted octanol–water partition coefficient (Wildman–Crippen LogP) is 2.47. The molecule has 1 saturated heterocycles. The summed E-state index contributed by atoms with van der Waals surface area (Å²) >= 11 is 0. The number of nitrogens with one attached hydrogen (secondary N) is 1. The molecule has 1 N–H and O–H groups in total. The van der Waals surface area contributed by atoms with E-state index in [9.17, 15) is 4.39 Å². The van der Waals surface area contributed by atoms with Crippen molar-refractivity contribution in [1.82, 2.24) is 10.2 Å². The monoisotopic (exact) mass is 279 g/mol. The van der Waals surface area contributed by atoms with Crippen LogP contribution in [0.25, 0.3) is 0 Å². The first-order chi connectivity index (χ1) is 9.67. The van der Waals surface area contributed by atoms with Gasteiger partial charge in [-0.05, 0) is 32.0 Å². The first-order valence-corrected chi connectivity index (χ1v) is 7.58. The summed E-state index contributed by atoms with van der Waals surface area (Å²) in [5, 5.41) is 3.12. The van der Waals surface area contributed by atoms with Crippen molar-refractivity contribution >= 4 is 5.69 Å². The molecule has 2 rings (SSSR count). The first-order valence-electron chi connectivity index (χ1n) is 7.58. The predicted molar refractivity (Wildman–Crippen MR) is 82.7 cm³/mol. The molecular formula is C16H26FN3. The minimum absolute atomic E-state index is 0.102.